The van der Waals surface area contributed by atoms with Crippen molar-refractivity contribution in [3.8, 4) is 0 Å². The maximum Gasteiger partial charge on any atom is 0.253 e. The second-order valence-electron chi connectivity index (χ2n) is 5.32. The van der Waals surface area contributed by atoms with Gasteiger partial charge in [-0.3, -0.25) is 9.10 Å². The molecule has 1 amide bonds. The van der Waals surface area contributed by atoms with Crippen LogP contribution in [0.15, 0.2) is 18.2 Å². The predicted molar refractivity (Wildman–Crippen MR) is 85.8 cm³/mol. The standard InChI is InChI=1S/C14H19ClN2O4S/c1-10(9-18)16-14(19)12-5-4-11(8-13(12)15)17-6-2-3-7-22(17,20)21/h4-5,8,10,18H,2-3,6-7,9H2,1H3,(H,16,19)/t10-/m1/s1. The Morgan fingerprint density at radius 3 is 2.77 bits per heavy atom. The summed E-state index contributed by atoms with van der Waals surface area (Å²) in [4.78, 5) is 12.0. The van der Waals surface area contributed by atoms with Crippen molar-refractivity contribution in [2.45, 2.75) is 25.8 Å². The monoisotopic (exact) mass is 346 g/mol. The molecule has 0 aromatic heterocycles. The molecule has 22 heavy (non-hydrogen) atoms. The number of nitrogens with zero attached hydrogens (tertiary/aromatic N) is 1. The highest BCUT2D eigenvalue weighted by atomic mass is 35.5. The molecule has 1 aliphatic rings. The molecule has 1 aromatic carbocycles. The van der Waals surface area contributed by atoms with Crippen LogP contribution < -0.4 is 9.62 Å². The molecule has 1 saturated heterocycles. The lowest BCUT2D eigenvalue weighted by atomic mass is 10.1. The summed E-state index contributed by atoms with van der Waals surface area (Å²) in [6.45, 7) is 1.92. The first-order chi connectivity index (χ1) is 10.3. The number of anilines is 1. The van der Waals surface area contributed by atoms with E-state index in [4.69, 9.17) is 16.7 Å². The summed E-state index contributed by atoms with van der Waals surface area (Å²) in [6, 6.07) is 4.18. The summed E-state index contributed by atoms with van der Waals surface area (Å²) in [5.74, 6) is -0.277. The normalized spacial score (nSPS) is 18.8. The van der Waals surface area contributed by atoms with E-state index in [-0.39, 0.29) is 29.0 Å². The van der Waals surface area contributed by atoms with Crippen LogP contribution in [0.1, 0.15) is 30.1 Å². The second kappa shape index (κ2) is 6.85. The van der Waals surface area contributed by atoms with Crippen molar-refractivity contribution in [2.75, 3.05) is 23.2 Å². The highest BCUT2D eigenvalue weighted by molar-refractivity contribution is 7.92. The number of hydrogen-bond acceptors (Lipinski definition) is 4. The number of aliphatic hydroxyl groups is 1. The van der Waals surface area contributed by atoms with E-state index in [0.717, 1.165) is 6.42 Å². The van der Waals surface area contributed by atoms with Crippen molar-refractivity contribution < 1.29 is 18.3 Å². The maximum atomic E-state index is 12.1. The Morgan fingerprint density at radius 1 is 1.45 bits per heavy atom. The van der Waals surface area contributed by atoms with Crippen molar-refractivity contribution in [3.63, 3.8) is 0 Å². The first kappa shape index (κ1) is 17.1. The zero-order chi connectivity index (χ0) is 16.3. The smallest absolute Gasteiger partial charge is 0.253 e. The highest BCUT2D eigenvalue weighted by Gasteiger charge is 2.26. The van der Waals surface area contributed by atoms with Gasteiger partial charge in [0.05, 0.1) is 28.6 Å². The molecule has 0 saturated carbocycles. The van der Waals surface area contributed by atoms with Crippen molar-refractivity contribution in [1.82, 2.24) is 5.32 Å². The number of halogens is 1. The van der Waals surface area contributed by atoms with Gasteiger partial charge in [-0.15, -0.1) is 0 Å². The molecule has 1 aromatic rings. The van der Waals surface area contributed by atoms with Crippen LogP contribution in [0, 0.1) is 0 Å². The Bertz CT molecular complexity index is 663. The number of sulfonamides is 1. The summed E-state index contributed by atoms with van der Waals surface area (Å²) in [5.41, 5.74) is 0.719. The molecule has 0 bridgehead atoms. The van der Waals surface area contributed by atoms with Crippen LogP contribution in [-0.4, -0.2) is 44.4 Å². The van der Waals surface area contributed by atoms with E-state index in [1.807, 2.05) is 0 Å². The van der Waals surface area contributed by atoms with Gasteiger partial charge in [0.2, 0.25) is 10.0 Å². The van der Waals surface area contributed by atoms with Crippen LogP contribution >= 0.6 is 11.6 Å². The van der Waals surface area contributed by atoms with Crippen molar-refractivity contribution in [3.05, 3.63) is 28.8 Å². The lowest BCUT2D eigenvalue weighted by Gasteiger charge is -2.28. The van der Waals surface area contributed by atoms with E-state index in [9.17, 15) is 13.2 Å². The molecule has 1 aliphatic heterocycles. The van der Waals surface area contributed by atoms with Crippen LogP contribution in [0.2, 0.25) is 5.02 Å². The number of nitrogens with one attached hydrogen (secondary N) is 1. The molecule has 122 valence electrons. The molecule has 0 aliphatic carbocycles. The zero-order valence-corrected chi connectivity index (χ0v) is 13.8. The van der Waals surface area contributed by atoms with Gasteiger partial charge in [-0.05, 0) is 38.0 Å². The number of rotatable bonds is 4. The third kappa shape index (κ3) is 3.71. The first-order valence-electron chi connectivity index (χ1n) is 7.07. The van der Waals surface area contributed by atoms with E-state index in [1.54, 1.807) is 13.0 Å². The second-order valence-corrected chi connectivity index (χ2v) is 7.74. The quantitative estimate of drug-likeness (QED) is 0.862. The Morgan fingerprint density at radius 2 is 2.18 bits per heavy atom. The molecule has 2 N–H and O–H groups in total. The molecule has 8 heteroatoms. The molecule has 2 rings (SSSR count). The molecular formula is C14H19ClN2O4S. The Balaban J connectivity index is 2.24. The average molecular weight is 347 g/mol. The number of hydrogen-bond donors (Lipinski definition) is 2. The number of amides is 1. The van der Waals surface area contributed by atoms with Gasteiger partial charge >= 0.3 is 0 Å². The zero-order valence-electron chi connectivity index (χ0n) is 12.3. The molecule has 1 fully saturated rings. The van der Waals surface area contributed by atoms with Gasteiger partial charge in [-0.2, -0.15) is 0 Å². The molecule has 0 unspecified atom stereocenters. The molecule has 0 radical (unpaired) electrons. The van der Waals surface area contributed by atoms with E-state index < -0.39 is 15.9 Å². The van der Waals surface area contributed by atoms with Crippen molar-refractivity contribution in [2.24, 2.45) is 0 Å². The molecular weight excluding hydrogens is 328 g/mol. The minimum atomic E-state index is -3.31. The Kier molecular flexibility index (Phi) is 5.31. The van der Waals surface area contributed by atoms with E-state index >= 15 is 0 Å². The fraction of sp³-hybridized carbons (Fsp3) is 0.500. The lowest BCUT2D eigenvalue weighted by Crippen LogP contribution is -2.38. The molecule has 6 nitrogen and oxygen atoms in total. The number of carbonyl (C=O) groups excluding carboxylic acids is 1. The lowest BCUT2D eigenvalue weighted by molar-refractivity contribution is 0.0922. The molecule has 1 heterocycles. The molecule has 1 atom stereocenters. The summed E-state index contributed by atoms with van der Waals surface area (Å²) >= 11 is 6.12. The fourth-order valence-electron chi connectivity index (χ4n) is 2.27. The van der Waals surface area contributed by atoms with Gasteiger partial charge in [-0.25, -0.2) is 8.42 Å². The van der Waals surface area contributed by atoms with Gasteiger partial charge < -0.3 is 10.4 Å². The number of benzene rings is 1. The highest BCUT2D eigenvalue weighted by Crippen LogP contribution is 2.28. The summed E-state index contributed by atoms with van der Waals surface area (Å²) in [5, 5.41) is 11.7. The topological polar surface area (TPSA) is 86.7 Å². The molecule has 0 spiro atoms. The van der Waals surface area contributed by atoms with Crippen LogP contribution in [0.25, 0.3) is 0 Å². The van der Waals surface area contributed by atoms with E-state index in [1.165, 1.54) is 16.4 Å². The maximum absolute atomic E-state index is 12.1. The third-order valence-electron chi connectivity index (χ3n) is 3.49. The number of carbonyl (C=O) groups is 1. The summed E-state index contributed by atoms with van der Waals surface area (Å²) in [6.07, 6.45) is 1.46. The van der Waals surface area contributed by atoms with Crippen LogP contribution in [0.5, 0.6) is 0 Å². The minimum Gasteiger partial charge on any atom is -0.394 e. The summed E-state index contributed by atoms with van der Waals surface area (Å²) in [7, 11) is -3.31. The first-order valence-corrected chi connectivity index (χ1v) is 9.05. The Labute approximate surface area is 135 Å². The van der Waals surface area contributed by atoms with Crippen molar-refractivity contribution >= 4 is 33.2 Å². The average Bonchev–Trinajstić information content (AvgIpc) is 2.46. The summed E-state index contributed by atoms with van der Waals surface area (Å²) < 4.78 is 25.5. The third-order valence-corrected chi connectivity index (χ3v) is 5.67. The van der Waals surface area contributed by atoms with Gasteiger partial charge in [0.15, 0.2) is 0 Å². The minimum absolute atomic E-state index is 0.126. The van der Waals surface area contributed by atoms with Crippen LogP contribution in [-0.2, 0) is 10.0 Å². The number of aliphatic hydroxyl groups excluding tert-OH is 1. The Hall–Kier alpha value is -1.31. The van der Waals surface area contributed by atoms with Gasteiger partial charge in [0.1, 0.15) is 0 Å². The van der Waals surface area contributed by atoms with E-state index in [2.05, 4.69) is 5.32 Å². The predicted octanol–water partition coefficient (Wildman–Crippen LogP) is 1.38. The largest absolute Gasteiger partial charge is 0.394 e. The van der Waals surface area contributed by atoms with Gasteiger partial charge in [-0.1, -0.05) is 11.6 Å². The van der Waals surface area contributed by atoms with Gasteiger partial charge in [0, 0.05) is 12.6 Å². The SMILES string of the molecule is C[C@H](CO)NC(=O)c1ccc(N2CCCCS2(=O)=O)cc1Cl. The fourth-order valence-corrected chi connectivity index (χ4v) is 4.16. The van der Waals surface area contributed by atoms with Crippen LogP contribution in [0.3, 0.4) is 0 Å². The van der Waals surface area contributed by atoms with Crippen molar-refractivity contribution in [1.29, 1.82) is 0 Å². The van der Waals surface area contributed by atoms with E-state index in [0.29, 0.717) is 18.7 Å². The van der Waals surface area contributed by atoms with Gasteiger partial charge in [0.25, 0.3) is 5.91 Å². The van der Waals surface area contributed by atoms with Crippen LogP contribution in [0.4, 0.5) is 5.69 Å².